The first-order valence-electron chi connectivity index (χ1n) is 20.1. The number of allylic oxidation sites excluding steroid dienone is 1. The van der Waals surface area contributed by atoms with Gasteiger partial charge in [-0.05, 0) is 101 Å². The van der Waals surface area contributed by atoms with Gasteiger partial charge in [-0.25, -0.2) is 0 Å². The van der Waals surface area contributed by atoms with Crippen molar-refractivity contribution in [2.45, 2.75) is 102 Å². The summed E-state index contributed by atoms with van der Waals surface area (Å²) in [6, 6.07) is 26.6. The van der Waals surface area contributed by atoms with Crippen LogP contribution in [0, 0.1) is 11.3 Å². The van der Waals surface area contributed by atoms with Gasteiger partial charge in [0.25, 0.3) is 0 Å². The summed E-state index contributed by atoms with van der Waals surface area (Å²) >= 11 is 0. The molecule has 0 saturated heterocycles. The van der Waals surface area contributed by atoms with E-state index in [1.165, 1.54) is 21.1 Å². The summed E-state index contributed by atoms with van der Waals surface area (Å²) < 4.78 is 24.0. The molecule has 57 heavy (non-hydrogen) atoms. The van der Waals surface area contributed by atoms with E-state index in [-0.39, 0.29) is 42.3 Å². The van der Waals surface area contributed by atoms with Crippen LogP contribution in [0.2, 0.25) is 0 Å². The summed E-state index contributed by atoms with van der Waals surface area (Å²) in [5.41, 5.74) is 4.85. The van der Waals surface area contributed by atoms with E-state index in [9.17, 15) is 24.9 Å². The molecular formula is C48H56O9. The van der Waals surface area contributed by atoms with Crippen molar-refractivity contribution in [3.05, 3.63) is 124 Å². The molecule has 6 rings (SSSR count). The topological polar surface area (TPSA) is 132 Å². The number of hydrogen-bond donors (Lipinski definition) is 3. The van der Waals surface area contributed by atoms with Gasteiger partial charge in [0.15, 0.2) is 23.0 Å². The van der Waals surface area contributed by atoms with Crippen LogP contribution in [0.4, 0.5) is 0 Å². The van der Waals surface area contributed by atoms with Gasteiger partial charge in [0.05, 0.1) is 26.7 Å². The summed E-state index contributed by atoms with van der Waals surface area (Å²) in [5.74, 6) is -0.952. The number of benzene rings is 4. The Bertz CT molecular complexity index is 2020. The lowest BCUT2D eigenvalue weighted by molar-refractivity contribution is -0.162. The van der Waals surface area contributed by atoms with Crippen molar-refractivity contribution in [2.75, 3.05) is 14.2 Å². The zero-order valence-electron chi connectivity index (χ0n) is 33.5. The number of carbonyl (C=O) groups excluding carboxylic acids is 2. The first-order chi connectivity index (χ1) is 27.6. The minimum atomic E-state index is -0.631. The highest BCUT2D eigenvalue weighted by Crippen LogP contribution is 2.54. The molecule has 0 amide bonds. The first-order valence-corrected chi connectivity index (χ1v) is 20.1. The fourth-order valence-corrected chi connectivity index (χ4v) is 9.09. The molecule has 3 N–H and O–H groups in total. The maximum atomic E-state index is 14.5. The summed E-state index contributed by atoms with van der Waals surface area (Å²) in [7, 11) is 3.05. The van der Waals surface area contributed by atoms with Crippen molar-refractivity contribution < 1.29 is 43.9 Å². The van der Waals surface area contributed by atoms with Gasteiger partial charge in [0.1, 0.15) is 12.2 Å². The number of aliphatic hydroxyl groups excluding tert-OH is 1. The minimum absolute atomic E-state index is 0.0256. The second kappa shape index (κ2) is 18.8. The third-order valence-corrected chi connectivity index (χ3v) is 11.9. The number of unbranched alkanes of at least 4 members (excludes halogenated alkanes) is 2. The highest BCUT2D eigenvalue weighted by molar-refractivity contribution is 5.78. The molecule has 0 spiro atoms. The van der Waals surface area contributed by atoms with Crippen LogP contribution in [0.5, 0.6) is 23.0 Å². The standard InChI is InChI=1S/C48H56O9/c1-5-6-8-16-40(35-15-11-14-33(21-35)30-49)47(53)57-39-22-37(34-17-18-42(51)45(25-34)54-3)28-48(20-19-32-12-9-7-10-13-32)29-38-24-43(52)46(55-4)26-36(38)23-41(48)44(27-39)56-31(2)50/h7,9-15,17-21,24-26,37,39-41,44,49,51-52H,5-6,8,16,22-23,27-30H2,1-4H3/b20-19-/t37-,39+,40+,41+,44-,48-/m1/s1. The molecule has 0 aromatic heterocycles. The van der Waals surface area contributed by atoms with E-state index < -0.39 is 29.5 Å². The highest BCUT2D eigenvalue weighted by Gasteiger charge is 2.50. The monoisotopic (exact) mass is 776 g/mol. The van der Waals surface area contributed by atoms with Crippen LogP contribution in [0.15, 0.2) is 91.0 Å². The Balaban J connectivity index is 1.48. The van der Waals surface area contributed by atoms with Crippen molar-refractivity contribution in [1.82, 2.24) is 0 Å². The highest BCUT2D eigenvalue weighted by atomic mass is 16.6. The SMILES string of the molecule is CCCCC[C@H](C(=O)O[C@H]1C[C@@H](c2ccc(O)c(OC)c2)C[C@]2(/C=C\c3ccccc3)Cc3cc(O)c(OC)cc3C[C@H]2[C@H](OC(C)=O)C1)c1cccc(CO)c1. The fraction of sp³-hybridized carbons (Fsp3) is 0.417. The number of methoxy groups -OCH3 is 2. The van der Waals surface area contributed by atoms with Crippen molar-refractivity contribution in [3.8, 4) is 23.0 Å². The van der Waals surface area contributed by atoms with E-state index in [0.29, 0.717) is 43.6 Å². The second-order valence-corrected chi connectivity index (χ2v) is 15.7. The fourth-order valence-electron chi connectivity index (χ4n) is 9.09. The smallest absolute Gasteiger partial charge is 0.313 e. The number of carbonyl (C=O) groups is 2. The number of esters is 2. The van der Waals surface area contributed by atoms with Crippen LogP contribution in [0.25, 0.3) is 6.08 Å². The Kier molecular flexibility index (Phi) is 13.6. The number of ether oxygens (including phenoxy) is 4. The van der Waals surface area contributed by atoms with Crippen LogP contribution in [-0.4, -0.2) is 53.7 Å². The Morgan fingerprint density at radius 2 is 1.63 bits per heavy atom. The molecule has 4 aromatic rings. The Morgan fingerprint density at radius 1 is 0.860 bits per heavy atom. The van der Waals surface area contributed by atoms with Crippen LogP contribution < -0.4 is 9.47 Å². The molecule has 0 radical (unpaired) electrons. The summed E-state index contributed by atoms with van der Waals surface area (Å²) in [4.78, 5) is 27.5. The van der Waals surface area contributed by atoms with E-state index >= 15 is 0 Å². The van der Waals surface area contributed by atoms with E-state index in [0.717, 1.165) is 52.6 Å². The molecule has 6 atom stereocenters. The van der Waals surface area contributed by atoms with Gasteiger partial charge in [-0.1, -0.05) is 99.0 Å². The first kappa shape index (κ1) is 41.4. The average Bonchev–Trinajstić information content (AvgIpc) is 3.20. The van der Waals surface area contributed by atoms with Crippen LogP contribution >= 0.6 is 0 Å². The van der Waals surface area contributed by atoms with Gasteiger partial charge in [-0.2, -0.15) is 0 Å². The molecule has 302 valence electrons. The largest absolute Gasteiger partial charge is 0.504 e. The Morgan fingerprint density at radius 3 is 2.35 bits per heavy atom. The third kappa shape index (κ3) is 9.82. The lowest BCUT2D eigenvalue weighted by atomic mass is 9.56. The molecule has 2 aliphatic rings. The van der Waals surface area contributed by atoms with Crippen LogP contribution in [0.1, 0.15) is 104 Å². The van der Waals surface area contributed by atoms with Crippen molar-refractivity contribution in [2.24, 2.45) is 11.3 Å². The average molecular weight is 777 g/mol. The van der Waals surface area contributed by atoms with Gasteiger partial charge >= 0.3 is 11.9 Å². The predicted octanol–water partition coefficient (Wildman–Crippen LogP) is 9.20. The van der Waals surface area contributed by atoms with Gasteiger partial charge in [-0.15, -0.1) is 0 Å². The Hall–Kier alpha value is -5.28. The van der Waals surface area contributed by atoms with Crippen molar-refractivity contribution in [3.63, 3.8) is 0 Å². The number of phenols is 2. The maximum Gasteiger partial charge on any atom is 0.313 e. The molecule has 4 aromatic carbocycles. The van der Waals surface area contributed by atoms with Crippen LogP contribution in [0.3, 0.4) is 0 Å². The lowest BCUT2D eigenvalue weighted by Gasteiger charge is -2.50. The molecule has 0 bridgehead atoms. The molecule has 9 heteroatoms. The van der Waals surface area contributed by atoms with Crippen LogP contribution in [-0.2, 0) is 38.5 Å². The van der Waals surface area contributed by atoms with Crippen molar-refractivity contribution in [1.29, 1.82) is 0 Å². The van der Waals surface area contributed by atoms with E-state index in [1.54, 1.807) is 12.1 Å². The summed E-state index contributed by atoms with van der Waals surface area (Å²) in [6.07, 6.45) is 8.86. The van der Waals surface area contributed by atoms with Gasteiger partial charge in [0, 0.05) is 19.3 Å². The molecular weight excluding hydrogens is 721 g/mol. The summed E-state index contributed by atoms with van der Waals surface area (Å²) in [5, 5.41) is 31.5. The maximum absolute atomic E-state index is 14.5. The molecule has 1 saturated carbocycles. The van der Waals surface area contributed by atoms with Gasteiger partial charge in [-0.3, -0.25) is 9.59 Å². The second-order valence-electron chi connectivity index (χ2n) is 15.7. The Labute approximate surface area is 336 Å². The molecule has 2 aliphatic carbocycles. The number of rotatable bonds is 14. The van der Waals surface area contributed by atoms with E-state index in [2.05, 4.69) is 19.1 Å². The molecule has 9 nitrogen and oxygen atoms in total. The minimum Gasteiger partial charge on any atom is -0.504 e. The lowest BCUT2D eigenvalue weighted by Crippen LogP contribution is -2.49. The zero-order valence-corrected chi connectivity index (χ0v) is 33.5. The van der Waals surface area contributed by atoms with E-state index in [4.69, 9.17) is 18.9 Å². The normalized spacial score (nSPS) is 22.3. The number of fused-ring (bicyclic) bond motifs is 2. The number of aliphatic hydroxyl groups is 1. The molecule has 0 aliphatic heterocycles. The molecule has 1 fully saturated rings. The summed E-state index contributed by atoms with van der Waals surface area (Å²) in [6.45, 7) is 3.41. The van der Waals surface area contributed by atoms with E-state index in [1.807, 2.05) is 72.8 Å². The zero-order chi connectivity index (χ0) is 40.5. The number of hydrogen-bond acceptors (Lipinski definition) is 9. The van der Waals surface area contributed by atoms with Gasteiger partial charge < -0.3 is 34.3 Å². The third-order valence-electron chi connectivity index (χ3n) is 11.9. The number of phenolic OH excluding ortho intramolecular Hbond substituents is 2. The van der Waals surface area contributed by atoms with Crippen molar-refractivity contribution >= 4 is 18.0 Å². The number of aromatic hydroxyl groups is 2. The molecule has 0 heterocycles. The quantitative estimate of drug-likeness (QED) is 0.0848. The molecule has 0 unspecified atom stereocenters. The predicted molar refractivity (Wildman–Crippen MR) is 219 cm³/mol. The van der Waals surface area contributed by atoms with Gasteiger partial charge in [0.2, 0.25) is 0 Å².